The SMILES string of the molecule is CC(=O)c1cccc(NC(=O)N2CCC(COc3ccccc3)CC2)c1. The molecule has 5 nitrogen and oxygen atoms in total. The van der Waals surface area contributed by atoms with E-state index in [4.69, 9.17) is 4.74 Å². The van der Waals surface area contributed by atoms with Gasteiger partial charge in [0.25, 0.3) is 0 Å². The van der Waals surface area contributed by atoms with E-state index in [0.29, 0.717) is 36.9 Å². The fourth-order valence-corrected chi connectivity index (χ4v) is 3.05. The van der Waals surface area contributed by atoms with Crippen LogP contribution in [0.4, 0.5) is 10.5 Å². The average molecular weight is 352 g/mol. The lowest BCUT2D eigenvalue weighted by molar-refractivity contribution is 0.101. The maximum absolute atomic E-state index is 12.4. The molecule has 0 aliphatic carbocycles. The molecule has 0 atom stereocenters. The first-order chi connectivity index (χ1) is 12.6. The molecule has 1 N–H and O–H groups in total. The number of hydrogen-bond donors (Lipinski definition) is 1. The highest BCUT2D eigenvalue weighted by atomic mass is 16.5. The maximum atomic E-state index is 12.4. The van der Waals surface area contributed by atoms with Crippen LogP contribution in [0.1, 0.15) is 30.1 Å². The van der Waals surface area contributed by atoms with Crippen molar-refractivity contribution in [1.29, 1.82) is 0 Å². The number of anilines is 1. The zero-order valence-electron chi connectivity index (χ0n) is 15.0. The molecule has 0 saturated carbocycles. The number of ketones is 1. The lowest BCUT2D eigenvalue weighted by atomic mass is 9.98. The van der Waals surface area contributed by atoms with Crippen molar-refractivity contribution in [2.45, 2.75) is 19.8 Å². The van der Waals surface area contributed by atoms with E-state index in [1.165, 1.54) is 6.92 Å². The van der Waals surface area contributed by atoms with E-state index in [2.05, 4.69) is 5.32 Å². The van der Waals surface area contributed by atoms with Crippen LogP contribution < -0.4 is 10.1 Å². The Labute approximate surface area is 154 Å². The summed E-state index contributed by atoms with van der Waals surface area (Å²) in [6.45, 7) is 3.62. The van der Waals surface area contributed by atoms with Gasteiger partial charge in [-0.3, -0.25) is 4.79 Å². The zero-order chi connectivity index (χ0) is 18.4. The summed E-state index contributed by atoms with van der Waals surface area (Å²) in [6, 6.07) is 16.7. The van der Waals surface area contributed by atoms with Crippen molar-refractivity contribution in [1.82, 2.24) is 4.90 Å². The molecule has 2 amide bonds. The van der Waals surface area contributed by atoms with Crippen molar-refractivity contribution in [2.75, 3.05) is 25.0 Å². The largest absolute Gasteiger partial charge is 0.493 e. The molecule has 0 aromatic heterocycles. The van der Waals surface area contributed by atoms with Crippen molar-refractivity contribution in [3.8, 4) is 5.75 Å². The predicted molar refractivity (Wildman–Crippen MR) is 102 cm³/mol. The third kappa shape index (κ3) is 4.85. The van der Waals surface area contributed by atoms with E-state index in [1.807, 2.05) is 35.2 Å². The van der Waals surface area contributed by atoms with E-state index in [-0.39, 0.29) is 11.8 Å². The molecule has 2 aromatic rings. The van der Waals surface area contributed by atoms with Gasteiger partial charge in [0, 0.05) is 24.3 Å². The first-order valence-corrected chi connectivity index (χ1v) is 8.96. The number of para-hydroxylation sites is 1. The summed E-state index contributed by atoms with van der Waals surface area (Å²) >= 11 is 0. The van der Waals surface area contributed by atoms with Crippen LogP contribution in [-0.4, -0.2) is 36.4 Å². The monoisotopic (exact) mass is 352 g/mol. The number of ether oxygens (including phenoxy) is 1. The summed E-state index contributed by atoms with van der Waals surface area (Å²) in [4.78, 5) is 25.7. The Kier molecular flexibility index (Phi) is 5.89. The molecular formula is C21H24N2O3. The van der Waals surface area contributed by atoms with E-state index in [0.717, 1.165) is 18.6 Å². The molecule has 5 heteroatoms. The van der Waals surface area contributed by atoms with Crippen molar-refractivity contribution in [2.24, 2.45) is 5.92 Å². The first-order valence-electron chi connectivity index (χ1n) is 8.96. The first kappa shape index (κ1) is 18.0. The standard InChI is InChI=1S/C21H24N2O3/c1-16(24)18-6-5-7-19(14-18)22-21(25)23-12-10-17(11-13-23)15-26-20-8-3-2-4-9-20/h2-9,14,17H,10-13,15H2,1H3,(H,22,25). The molecule has 1 aliphatic heterocycles. The van der Waals surface area contributed by atoms with Gasteiger partial charge in [-0.1, -0.05) is 30.3 Å². The van der Waals surface area contributed by atoms with Crippen LogP contribution >= 0.6 is 0 Å². The number of carbonyl (C=O) groups excluding carboxylic acids is 2. The molecular weight excluding hydrogens is 328 g/mol. The molecule has 1 saturated heterocycles. The Hall–Kier alpha value is -2.82. The summed E-state index contributed by atoms with van der Waals surface area (Å²) < 4.78 is 5.82. The number of likely N-dealkylation sites (tertiary alicyclic amines) is 1. The summed E-state index contributed by atoms with van der Waals surface area (Å²) in [5, 5.41) is 2.88. The van der Waals surface area contributed by atoms with Gasteiger partial charge >= 0.3 is 6.03 Å². The summed E-state index contributed by atoms with van der Waals surface area (Å²) in [7, 11) is 0. The molecule has 1 fully saturated rings. The van der Waals surface area contributed by atoms with Gasteiger partial charge in [-0.15, -0.1) is 0 Å². The van der Waals surface area contributed by atoms with Crippen LogP contribution in [-0.2, 0) is 0 Å². The Morgan fingerprint density at radius 1 is 1.08 bits per heavy atom. The summed E-state index contributed by atoms with van der Waals surface area (Å²) in [6.07, 6.45) is 1.85. The minimum Gasteiger partial charge on any atom is -0.493 e. The third-order valence-electron chi connectivity index (χ3n) is 4.65. The second kappa shape index (κ2) is 8.52. The average Bonchev–Trinajstić information content (AvgIpc) is 2.68. The molecule has 0 unspecified atom stereocenters. The quantitative estimate of drug-likeness (QED) is 0.820. The minimum atomic E-state index is -0.117. The Morgan fingerprint density at radius 2 is 1.81 bits per heavy atom. The number of benzene rings is 2. The fraction of sp³-hybridized carbons (Fsp3) is 0.333. The minimum absolute atomic E-state index is 0.0136. The van der Waals surface area contributed by atoms with Crippen LogP contribution in [0.2, 0.25) is 0 Å². The van der Waals surface area contributed by atoms with Gasteiger partial charge in [0.05, 0.1) is 6.61 Å². The molecule has 0 radical (unpaired) electrons. The lowest BCUT2D eigenvalue weighted by Crippen LogP contribution is -2.42. The second-order valence-corrected chi connectivity index (χ2v) is 6.62. The number of rotatable bonds is 5. The topological polar surface area (TPSA) is 58.6 Å². The Balaban J connectivity index is 1.46. The molecule has 26 heavy (non-hydrogen) atoms. The summed E-state index contributed by atoms with van der Waals surface area (Å²) in [5.41, 5.74) is 1.25. The smallest absolute Gasteiger partial charge is 0.321 e. The van der Waals surface area contributed by atoms with Gasteiger partial charge in [-0.05, 0) is 49.9 Å². The number of hydrogen-bond acceptors (Lipinski definition) is 3. The highest BCUT2D eigenvalue weighted by molar-refractivity contribution is 5.96. The van der Waals surface area contributed by atoms with Crippen molar-refractivity contribution in [3.05, 3.63) is 60.2 Å². The van der Waals surface area contributed by atoms with E-state index >= 15 is 0 Å². The van der Waals surface area contributed by atoms with Gasteiger partial charge in [0.1, 0.15) is 5.75 Å². The van der Waals surface area contributed by atoms with Crippen LogP contribution in [0.25, 0.3) is 0 Å². The van der Waals surface area contributed by atoms with Gasteiger partial charge in [-0.2, -0.15) is 0 Å². The second-order valence-electron chi connectivity index (χ2n) is 6.62. The van der Waals surface area contributed by atoms with Crippen molar-refractivity contribution in [3.63, 3.8) is 0 Å². The number of nitrogens with zero attached hydrogens (tertiary/aromatic N) is 1. The fourth-order valence-electron chi connectivity index (χ4n) is 3.05. The molecule has 0 bridgehead atoms. The Morgan fingerprint density at radius 3 is 2.50 bits per heavy atom. The maximum Gasteiger partial charge on any atom is 0.321 e. The number of Topliss-reactive ketones (excluding diaryl/α,β-unsaturated/α-hetero) is 1. The van der Waals surface area contributed by atoms with Crippen LogP contribution in [0.5, 0.6) is 5.75 Å². The molecule has 3 rings (SSSR count). The number of nitrogens with one attached hydrogen (secondary N) is 1. The predicted octanol–water partition coefficient (Wildman–Crippen LogP) is 4.21. The summed E-state index contributed by atoms with van der Waals surface area (Å²) in [5.74, 6) is 1.33. The highest BCUT2D eigenvalue weighted by Gasteiger charge is 2.23. The van der Waals surface area contributed by atoms with Crippen molar-refractivity contribution >= 4 is 17.5 Å². The van der Waals surface area contributed by atoms with Crippen LogP contribution in [0.15, 0.2) is 54.6 Å². The van der Waals surface area contributed by atoms with E-state index < -0.39 is 0 Å². The zero-order valence-corrected chi connectivity index (χ0v) is 15.0. The lowest BCUT2D eigenvalue weighted by Gasteiger charge is -2.32. The van der Waals surface area contributed by atoms with Crippen LogP contribution in [0.3, 0.4) is 0 Å². The Bertz CT molecular complexity index is 753. The normalized spacial score (nSPS) is 14.7. The van der Waals surface area contributed by atoms with Crippen molar-refractivity contribution < 1.29 is 14.3 Å². The van der Waals surface area contributed by atoms with E-state index in [9.17, 15) is 9.59 Å². The van der Waals surface area contributed by atoms with E-state index in [1.54, 1.807) is 24.3 Å². The van der Waals surface area contributed by atoms with Gasteiger partial charge in [0.2, 0.25) is 0 Å². The molecule has 1 aliphatic rings. The van der Waals surface area contributed by atoms with Gasteiger partial charge < -0.3 is 15.0 Å². The van der Waals surface area contributed by atoms with Gasteiger partial charge in [-0.25, -0.2) is 4.79 Å². The number of amides is 2. The molecule has 2 aromatic carbocycles. The molecule has 1 heterocycles. The number of piperidine rings is 1. The number of urea groups is 1. The highest BCUT2D eigenvalue weighted by Crippen LogP contribution is 2.20. The third-order valence-corrected chi connectivity index (χ3v) is 4.65. The molecule has 0 spiro atoms. The van der Waals surface area contributed by atoms with Crippen LogP contribution in [0, 0.1) is 5.92 Å². The van der Waals surface area contributed by atoms with Gasteiger partial charge in [0.15, 0.2) is 5.78 Å². The number of carbonyl (C=O) groups is 2. The molecule has 136 valence electrons.